The summed E-state index contributed by atoms with van der Waals surface area (Å²) >= 11 is 0. The second kappa shape index (κ2) is 11.0. The Morgan fingerprint density at radius 1 is 1.00 bits per heavy atom. The van der Waals surface area contributed by atoms with E-state index in [1.54, 1.807) is 0 Å². The molecule has 0 aliphatic heterocycles. The minimum Gasteiger partial charge on any atom is -0.273 e. The zero-order valence-electron chi connectivity index (χ0n) is 14.3. The van der Waals surface area contributed by atoms with Crippen LogP contribution in [-0.4, -0.2) is 11.6 Å². The van der Waals surface area contributed by atoms with Gasteiger partial charge in [0.1, 0.15) is 0 Å². The molecule has 1 amide bonds. The maximum atomic E-state index is 11.8. The molecule has 1 rings (SSSR count). The first-order valence-electron chi connectivity index (χ1n) is 8.59. The molecule has 1 aromatic carbocycles. The van der Waals surface area contributed by atoms with Gasteiger partial charge in [0, 0.05) is 6.42 Å². The molecule has 0 aliphatic rings. The van der Waals surface area contributed by atoms with E-state index in [0.29, 0.717) is 6.42 Å². The van der Waals surface area contributed by atoms with Crippen LogP contribution in [0.1, 0.15) is 76.3 Å². The normalized spacial score (nSPS) is 11.5. The number of amides is 1. The Morgan fingerprint density at radius 3 is 2.27 bits per heavy atom. The number of unbranched alkanes of at least 4 members (excludes halogenated alkanes) is 5. The van der Waals surface area contributed by atoms with Gasteiger partial charge in [0.2, 0.25) is 5.91 Å². The van der Waals surface area contributed by atoms with E-state index in [-0.39, 0.29) is 5.91 Å². The summed E-state index contributed by atoms with van der Waals surface area (Å²) in [6.07, 6.45) is 8.53. The highest BCUT2D eigenvalue weighted by atomic mass is 16.2. The van der Waals surface area contributed by atoms with E-state index in [4.69, 9.17) is 0 Å². The summed E-state index contributed by atoms with van der Waals surface area (Å²) in [4.78, 5) is 11.8. The third kappa shape index (κ3) is 7.39. The molecule has 0 unspecified atom stereocenters. The molecule has 1 aromatic rings. The third-order valence-electron chi connectivity index (χ3n) is 3.79. The molecular weight excluding hydrogens is 272 g/mol. The molecule has 0 spiro atoms. The maximum Gasteiger partial charge on any atom is 0.240 e. The highest BCUT2D eigenvalue weighted by Crippen LogP contribution is 2.08. The van der Waals surface area contributed by atoms with Gasteiger partial charge in [-0.05, 0) is 25.3 Å². The van der Waals surface area contributed by atoms with Gasteiger partial charge in [-0.3, -0.25) is 4.79 Å². The van der Waals surface area contributed by atoms with Crippen molar-refractivity contribution in [3.63, 3.8) is 0 Å². The predicted molar refractivity (Wildman–Crippen MR) is 94.1 cm³/mol. The van der Waals surface area contributed by atoms with E-state index in [2.05, 4.69) is 55.6 Å². The average molecular weight is 302 g/mol. The number of carbonyl (C=O) groups excluding carboxylic acids is 1. The van der Waals surface area contributed by atoms with Crippen LogP contribution in [0.3, 0.4) is 0 Å². The molecule has 0 aromatic heterocycles. The van der Waals surface area contributed by atoms with Gasteiger partial charge < -0.3 is 0 Å². The summed E-state index contributed by atoms with van der Waals surface area (Å²) in [7, 11) is 0. The Morgan fingerprint density at radius 2 is 1.64 bits per heavy atom. The smallest absolute Gasteiger partial charge is 0.240 e. The van der Waals surface area contributed by atoms with Crippen LogP contribution in [-0.2, 0) is 4.79 Å². The molecule has 0 atom stereocenters. The standard InChI is InChI=1S/C19H30N2O/c1-4-6-7-8-9-10-11-19(22)21-20-18(5-2)17-14-12-16(3)13-15-17/h12-15H,4-11H2,1-3H3,(H,21,22). The number of hydrogen-bond acceptors (Lipinski definition) is 2. The molecular formula is C19H30N2O. The van der Waals surface area contributed by atoms with Gasteiger partial charge in [0.05, 0.1) is 5.71 Å². The minimum atomic E-state index is 0.0218. The number of nitrogens with zero attached hydrogens (tertiary/aromatic N) is 1. The second-order valence-electron chi connectivity index (χ2n) is 5.83. The van der Waals surface area contributed by atoms with Gasteiger partial charge in [-0.2, -0.15) is 5.10 Å². The lowest BCUT2D eigenvalue weighted by molar-refractivity contribution is -0.121. The topological polar surface area (TPSA) is 41.5 Å². The number of nitrogens with one attached hydrogen (secondary N) is 1. The van der Waals surface area contributed by atoms with Gasteiger partial charge in [0.25, 0.3) is 0 Å². The van der Waals surface area contributed by atoms with Crippen LogP contribution >= 0.6 is 0 Å². The Hall–Kier alpha value is -1.64. The zero-order chi connectivity index (χ0) is 16.2. The lowest BCUT2D eigenvalue weighted by atomic mass is 10.1. The Kier molecular flexibility index (Phi) is 9.20. The van der Waals surface area contributed by atoms with E-state index < -0.39 is 0 Å². The van der Waals surface area contributed by atoms with E-state index in [9.17, 15) is 4.79 Å². The number of rotatable bonds is 10. The van der Waals surface area contributed by atoms with Gasteiger partial charge in [-0.25, -0.2) is 5.43 Å². The van der Waals surface area contributed by atoms with E-state index >= 15 is 0 Å². The van der Waals surface area contributed by atoms with Gasteiger partial charge in [-0.1, -0.05) is 75.8 Å². The van der Waals surface area contributed by atoms with Crippen molar-refractivity contribution in [2.45, 2.75) is 72.1 Å². The largest absolute Gasteiger partial charge is 0.273 e. The molecule has 1 N–H and O–H groups in total. The van der Waals surface area contributed by atoms with Crippen molar-refractivity contribution in [2.75, 3.05) is 0 Å². The van der Waals surface area contributed by atoms with Gasteiger partial charge >= 0.3 is 0 Å². The molecule has 0 bridgehead atoms. The van der Waals surface area contributed by atoms with Crippen LogP contribution in [0.4, 0.5) is 0 Å². The molecule has 0 aliphatic carbocycles. The first-order chi connectivity index (χ1) is 10.7. The summed E-state index contributed by atoms with van der Waals surface area (Å²) in [5, 5.41) is 4.29. The van der Waals surface area contributed by atoms with Gasteiger partial charge in [-0.15, -0.1) is 0 Å². The lowest BCUT2D eigenvalue weighted by Gasteiger charge is -2.06. The van der Waals surface area contributed by atoms with Crippen molar-refractivity contribution in [3.05, 3.63) is 35.4 Å². The maximum absolute atomic E-state index is 11.8. The molecule has 0 heterocycles. The molecule has 0 saturated heterocycles. The van der Waals surface area contributed by atoms with Gasteiger partial charge in [0.15, 0.2) is 0 Å². The molecule has 22 heavy (non-hydrogen) atoms. The van der Waals surface area contributed by atoms with Crippen LogP contribution in [0.2, 0.25) is 0 Å². The summed E-state index contributed by atoms with van der Waals surface area (Å²) in [6.45, 7) is 6.33. The van der Waals surface area contributed by atoms with Crippen molar-refractivity contribution in [2.24, 2.45) is 5.10 Å². The average Bonchev–Trinajstić information content (AvgIpc) is 2.53. The molecule has 122 valence electrons. The van der Waals surface area contributed by atoms with E-state index in [1.165, 1.54) is 31.2 Å². The van der Waals surface area contributed by atoms with E-state index in [1.807, 2.05) is 0 Å². The molecule has 3 nitrogen and oxygen atoms in total. The molecule has 0 fully saturated rings. The molecule has 3 heteroatoms. The fourth-order valence-corrected chi connectivity index (χ4v) is 2.35. The van der Waals surface area contributed by atoms with Crippen molar-refractivity contribution in [1.29, 1.82) is 0 Å². The third-order valence-corrected chi connectivity index (χ3v) is 3.79. The van der Waals surface area contributed by atoms with Crippen LogP contribution in [0, 0.1) is 6.92 Å². The highest BCUT2D eigenvalue weighted by Gasteiger charge is 2.03. The SMILES string of the molecule is CCCCCCCCC(=O)NN=C(CC)c1ccc(C)cc1. The van der Waals surface area contributed by atoms with Crippen LogP contribution in [0.25, 0.3) is 0 Å². The van der Waals surface area contributed by atoms with Crippen molar-refractivity contribution >= 4 is 11.6 Å². The number of hydrogen-bond donors (Lipinski definition) is 1. The summed E-state index contributed by atoms with van der Waals surface area (Å²) in [6, 6.07) is 8.24. The minimum absolute atomic E-state index is 0.0218. The zero-order valence-corrected chi connectivity index (χ0v) is 14.3. The quantitative estimate of drug-likeness (QED) is 0.370. The summed E-state index contributed by atoms with van der Waals surface area (Å²) < 4.78 is 0. The Bertz CT molecular complexity index is 463. The van der Waals surface area contributed by atoms with Crippen LogP contribution < -0.4 is 5.43 Å². The van der Waals surface area contributed by atoms with Crippen LogP contribution in [0.5, 0.6) is 0 Å². The number of aryl methyl sites for hydroxylation is 1. The predicted octanol–water partition coefficient (Wildman–Crippen LogP) is 4.98. The Balaban J connectivity index is 2.34. The fraction of sp³-hybridized carbons (Fsp3) is 0.579. The fourth-order valence-electron chi connectivity index (χ4n) is 2.35. The number of benzene rings is 1. The highest BCUT2D eigenvalue weighted by molar-refractivity contribution is 6.00. The monoisotopic (exact) mass is 302 g/mol. The van der Waals surface area contributed by atoms with E-state index in [0.717, 1.165) is 30.5 Å². The summed E-state index contributed by atoms with van der Waals surface area (Å²) in [5.41, 5.74) is 5.93. The first-order valence-corrected chi connectivity index (χ1v) is 8.59. The summed E-state index contributed by atoms with van der Waals surface area (Å²) in [5.74, 6) is 0.0218. The van der Waals surface area contributed by atoms with Crippen molar-refractivity contribution in [1.82, 2.24) is 5.43 Å². The lowest BCUT2D eigenvalue weighted by Crippen LogP contribution is -2.19. The number of hydrazone groups is 1. The Labute approximate surface area is 135 Å². The van der Waals surface area contributed by atoms with Crippen molar-refractivity contribution in [3.8, 4) is 0 Å². The first kappa shape index (κ1) is 18.4. The second-order valence-corrected chi connectivity index (χ2v) is 5.83. The van der Waals surface area contributed by atoms with Crippen LogP contribution in [0.15, 0.2) is 29.4 Å². The molecule has 0 radical (unpaired) electrons. The molecule has 0 saturated carbocycles. The van der Waals surface area contributed by atoms with Crippen molar-refractivity contribution < 1.29 is 4.79 Å². The number of carbonyl (C=O) groups is 1.